The first-order valence-electron chi connectivity index (χ1n) is 12.4. The van der Waals surface area contributed by atoms with Crippen molar-refractivity contribution in [1.29, 1.82) is 0 Å². The zero-order valence-corrected chi connectivity index (χ0v) is 22.0. The maximum absolute atomic E-state index is 14.2. The van der Waals surface area contributed by atoms with Crippen LogP contribution in [0, 0.1) is 0 Å². The molecule has 0 saturated heterocycles. The van der Waals surface area contributed by atoms with Crippen LogP contribution in [0.2, 0.25) is 5.02 Å². The number of halogens is 4. The summed E-state index contributed by atoms with van der Waals surface area (Å²) < 4.78 is 71.3. The van der Waals surface area contributed by atoms with Crippen LogP contribution in [0.3, 0.4) is 0 Å². The Labute approximate surface area is 228 Å². The second-order valence-corrected chi connectivity index (χ2v) is 12.3. The van der Waals surface area contributed by atoms with Crippen LogP contribution in [0.5, 0.6) is 5.75 Å². The first kappa shape index (κ1) is 25.7. The number of fused-ring (bicyclic) bond motifs is 5. The number of ether oxygens (including phenoxy) is 1. The third-order valence-electron chi connectivity index (χ3n) is 7.43. The molecule has 0 heterocycles. The second-order valence-electron chi connectivity index (χ2n) is 9.76. The van der Waals surface area contributed by atoms with Crippen molar-refractivity contribution in [3.05, 3.63) is 119 Å². The molecule has 2 atom stereocenters. The van der Waals surface area contributed by atoms with Crippen molar-refractivity contribution in [2.24, 2.45) is 0 Å². The summed E-state index contributed by atoms with van der Waals surface area (Å²) >= 11 is 6.10. The number of sulfone groups is 1. The van der Waals surface area contributed by atoms with E-state index in [1.807, 2.05) is 60.7 Å². The van der Waals surface area contributed by atoms with E-state index in [0.29, 0.717) is 17.0 Å². The molecule has 0 bridgehead atoms. The van der Waals surface area contributed by atoms with Gasteiger partial charge in [-0.15, -0.1) is 13.2 Å². The lowest BCUT2D eigenvalue weighted by Gasteiger charge is -2.33. The van der Waals surface area contributed by atoms with Gasteiger partial charge in [-0.05, 0) is 87.3 Å². The SMILES string of the molecule is O=S(=O)(c1cccc(OC(F)(F)F)c1)C1CC(c2ccc(Cl)cc2)Cc2ccc3c(ccc4ccccc43)c21. The van der Waals surface area contributed by atoms with Gasteiger partial charge in [0, 0.05) is 5.02 Å². The van der Waals surface area contributed by atoms with Crippen LogP contribution in [0.25, 0.3) is 21.5 Å². The highest BCUT2D eigenvalue weighted by molar-refractivity contribution is 7.91. The molecular formula is C31H22ClF3O3S. The lowest BCUT2D eigenvalue weighted by atomic mass is 9.78. The second kappa shape index (κ2) is 9.57. The molecule has 0 amide bonds. The van der Waals surface area contributed by atoms with Gasteiger partial charge in [-0.1, -0.05) is 78.3 Å². The Bertz CT molecular complexity index is 1820. The molecule has 8 heteroatoms. The van der Waals surface area contributed by atoms with Gasteiger partial charge in [-0.3, -0.25) is 0 Å². The van der Waals surface area contributed by atoms with E-state index < -0.39 is 27.2 Å². The van der Waals surface area contributed by atoms with Crippen LogP contribution >= 0.6 is 11.6 Å². The predicted molar refractivity (Wildman–Crippen MR) is 147 cm³/mol. The summed E-state index contributed by atoms with van der Waals surface area (Å²) in [5.41, 5.74) is 2.56. The normalized spacial score (nSPS) is 17.7. The van der Waals surface area contributed by atoms with Crippen molar-refractivity contribution in [1.82, 2.24) is 0 Å². The molecule has 6 rings (SSSR count). The topological polar surface area (TPSA) is 43.4 Å². The van der Waals surface area contributed by atoms with Crippen molar-refractivity contribution >= 4 is 43.0 Å². The molecule has 0 spiro atoms. The Morgan fingerprint density at radius 3 is 2.31 bits per heavy atom. The first-order chi connectivity index (χ1) is 18.6. The molecule has 0 aliphatic heterocycles. The van der Waals surface area contributed by atoms with Crippen LogP contribution in [0.1, 0.15) is 34.3 Å². The predicted octanol–water partition coefficient (Wildman–Crippen LogP) is 8.79. The quantitative estimate of drug-likeness (QED) is 0.204. The Kier molecular flexibility index (Phi) is 6.31. The molecule has 3 nitrogen and oxygen atoms in total. The highest BCUT2D eigenvalue weighted by Crippen LogP contribution is 2.48. The van der Waals surface area contributed by atoms with Crippen molar-refractivity contribution < 1.29 is 26.3 Å². The smallest absolute Gasteiger partial charge is 0.406 e. The standard InChI is InChI=1S/C31H22ClF3O3S/c32-23-12-8-19(9-13-23)22-16-21-11-14-27-26-7-2-1-4-20(26)10-15-28(27)30(21)29(17-22)39(36,37)25-6-3-5-24(18-25)38-31(33,34)35/h1-15,18,22,29H,16-17H2. The average molecular weight is 567 g/mol. The van der Waals surface area contributed by atoms with E-state index in [1.165, 1.54) is 12.1 Å². The first-order valence-corrected chi connectivity index (χ1v) is 14.3. The molecule has 0 fully saturated rings. The van der Waals surface area contributed by atoms with E-state index in [9.17, 15) is 21.6 Å². The monoisotopic (exact) mass is 566 g/mol. The van der Waals surface area contributed by atoms with E-state index in [2.05, 4.69) is 4.74 Å². The number of alkyl halides is 3. The average Bonchev–Trinajstić information content (AvgIpc) is 2.91. The Balaban J connectivity index is 1.55. The molecule has 0 radical (unpaired) electrons. The highest BCUT2D eigenvalue weighted by Gasteiger charge is 2.39. The fourth-order valence-corrected chi connectivity index (χ4v) is 7.80. The molecule has 39 heavy (non-hydrogen) atoms. The highest BCUT2D eigenvalue weighted by atomic mass is 35.5. The summed E-state index contributed by atoms with van der Waals surface area (Å²) in [4.78, 5) is -0.213. The molecule has 1 aliphatic carbocycles. The van der Waals surface area contributed by atoms with Gasteiger partial charge in [-0.25, -0.2) is 8.42 Å². The summed E-state index contributed by atoms with van der Waals surface area (Å²) in [6, 6.07) is 27.8. The molecule has 2 unspecified atom stereocenters. The summed E-state index contributed by atoms with van der Waals surface area (Å²) in [5.74, 6) is -0.695. The summed E-state index contributed by atoms with van der Waals surface area (Å²) in [6.45, 7) is 0. The minimum Gasteiger partial charge on any atom is -0.406 e. The van der Waals surface area contributed by atoms with Gasteiger partial charge in [0.2, 0.25) is 0 Å². The third-order valence-corrected chi connectivity index (χ3v) is 9.77. The van der Waals surface area contributed by atoms with E-state index in [4.69, 9.17) is 11.6 Å². The lowest BCUT2D eigenvalue weighted by Crippen LogP contribution is -2.24. The zero-order chi connectivity index (χ0) is 27.4. The Morgan fingerprint density at radius 1 is 0.795 bits per heavy atom. The molecular weight excluding hydrogens is 545 g/mol. The van der Waals surface area contributed by atoms with Crippen molar-refractivity contribution in [3.8, 4) is 5.75 Å². The van der Waals surface area contributed by atoms with E-state index in [1.54, 1.807) is 12.1 Å². The molecule has 198 valence electrons. The molecule has 1 aliphatic rings. The zero-order valence-electron chi connectivity index (χ0n) is 20.5. The minimum absolute atomic E-state index is 0.123. The van der Waals surface area contributed by atoms with Crippen molar-refractivity contribution in [2.75, 3.05) is 0 Å². The number of hydrogen-bond donors (Lipinski definition) is 0. The molecule has 0 N–H and O–H groups in total. The van der Waals surface area contributed by atoms with E-state index in [0.717, 1.165) is 44.8 Å². The van der Waals surface area contributed by atoms with E-state index >= 15 is 0 Å². The molecule has 5 aromatic rings. The van der Waals surface area contributed by atoms with Crippen LogP contribution in [-0.2, 0) is 16.3 Å². The van der Waals surface area contributed by atoms with Crippen molar-refractivity contribution in [3.63, 3.8) is 0 Å². The molecule has 0 saturated carbocycles. The minimum atomic E-state index is -4.93. The van der Waals surface area contributed by atoms with Crippen LogP contribution < -0.4 is 4.74 Å². The largest absolute Gasteiger partial charge is 0.573 e. The Morgan fingerprint density at radius 2 is 1.54 bits per heavy atom. The maximum Gasteiger partial charge on any atom is 0.573 e. The fraction of sp³-hybridized carbons (Fsp3) is 0.161. The van der Waals surface area contributed by atoms with E-state index in [-0.39, 0.29) is 17.2 Å². The van der Waals surface area contributed by atoms with Gasteiger partial charge in [0.05, 0.1) is 10.1 Å². The summed E-state index contributed by atoms with van der Waals surface area (Å²) in [5, 5.41) is 3.42. The van der Waals surface area contributed by atoms with Gasteiger partial charge in [0.1, 0.15) is 5.75 Å². The van der Waals surface area contributed by atoms with Gasteiger partial charge in [0.15, 0.2) is 9.84 Å². The number of benzene rings is 5. The van der Waals surface area contributed by atoms with Gasteiger partial charge in [0.25, 0.3) is 0 Å². The third kappa shape index (κ3) is 4.85. The van der Waals surface area contributed by atoms with Crippen LogP contribution in [0.4, 0.5) is 13.2 Å². The summed E-state index contributed by atoms with van der Waals surface area (Å²) in [6.07, 6.45) is -4.03. The van der Waals surface area contributed by atoms with Crippen molar-refractivity contribution in [2.45, 2.75) is 35.3 Å². The molecule has 5 aromatic carbocycles. The number of rotatable bonds is 4. The summed E-state index contributed by atoms with van der Waals surface area (Å²) in [7, 11) is -4.12. The Hall–Kier alpha value is -3.55. The van der Waals surface area contributed by atoms with Crippen LogP contribution in [-0.4, -0.2) is 14.8 Å². The number of hydrogen-bond acceptors (Lipinski definition) is 3. The lowest BCUT2D eigenvalue weighted by molar-refractivity contribution is -0.274. The van der Waals surface area contributed by atoms with Gasteiger partial charge < -0.3 is 4.74 Å². The molecule has 0 aromatic heterocycles. The maximum atomic E-state index is 14.2. The van der Waals surface area contributed by atoms with Crippen LogP contribution in [0.15, 0.2) is 102 Å². The van der Waals surface area contributed by atoms with Gasteiger partial charge in [-0.2, -0.15) is 0 Å². The van der Waals surface area contributed by atoms with Gasteiger partial charge >= 0.3 is 6.36 Å². The fourth-order valence-electron chi connectivity index (χ4n) is 5.72.